The summed E-state index contributed by atoms with van der Waals surface area (Å²) in [5.41, 5.74) is 0. The summed E-state index contributed by atoms with van der Waals surface area (Å²) in [6.45, 7) is 0.176. The lowest BCUT2D eigenvalue weighted by molar-refractivity contribution is -0.120. The Kier molecular flexibility index (Phi) is 4.21. The van der Waals surface area contributed by atoms with Crippen molar-refractivity contribution in [2.24, 2.45) is 0 Å². The van der Waals surface area contributed by atoms with E-state index in [1.54, 1.807) is 19.0 Å². The van der Waals surface area contributed by atoms with Gasteiger partial charge in [0.15, 0.2) is 0 Å². The van der Waals surface area contributed by atoms with Crippen LogP contribution in [-0.2, 0) is 9.53 Å². The van der Waals surface area contributed by atoms with Crippen LogP contribution in [0.4, 0.5) is 4.79 Å². The quantitative estimate of drug-likeness (QED) is 0.587. The molecular formula is C6H12N2O3. The van der Waals surface area contributed by atoms with E-state index in [1.165, 1.54) is 7.11 Å². The Balaban J connectivity index is 3.61. The fourth-order valence-electron chi connectivity index (χ4n) is 0.492. The third-order valence-electron chi connectivity index (χ3n) is 0.887. The minimum absolute atomic E-state index is 0.176. The van der Waals surface area contributed by atoms with Gasteiger partial charge in [-0.25, -0.2) is 4.79 Å². The molecule has 0 aliphatic heterocycles. The van der Waals surface area contributed by atoms with Gasteiger partial charge < -0.3 is 9.64 Å². The number of carbonyl (C=O) groups excluding carboxylic acids is 2. The van der Waals surface area contributed by atoms with Gasteiger partial charge in [-0.15, -0.1) is 0 Å². The van der Waals surface area contributed by atoms with Gasteiger partial charge in [-0.2, -0.15) is 0 Å². The number of hydrogen-bond donors (Lipinski definition) is 1. The monoisotopic (exact) mass is 160 g/mol. The van der Waals surface area contributed by atoms with Gasteiger partial charge in [-0.1, -0.05) is 0 Å². The van der Waals surface area contributed by atoms with Gasteiger partial charge in [0, 0.05) is 0 Å². The fourth-order valence-corrected chi connectivity index (χ4v) is 0.492. The van der Waals surface area contributed by atoms with Crippen molar-refractivity contribution in [3.05, 3.63) is 0 Å². The number of rotatable bonds is 2. The van der Waals surface area contributed by atoms with Crippen LogP contribution in [0, 0.1) is 0 Å². The Morgan fingerprint density at radius 1 is 1.45 bits per heavy atom. The highest BCUT2D eigenvalue weighted by atomic mass is 16.5. The average molecular weight is 160 g/mol. The van der Waals surface area contributed by atoms with Crippen LogP contribution in [0.15, 0.2) is 0 Å². The molecular weight excluding hydrogens is 148 g/mol. The van der Waals surface area contributed by atoms with E-state index >= 15 is 0 Å². The van der Waals surface area contributed by atoms with Crippen molar-refractivity contribution < 1.29 is 14.3 Å². The van der Waals surface area contributed by atoms with Crippen LogP contribution in [0.3, 0.4) is 0 Å². The molecule has 0 spiro atoms. The lowest BCUT2D eigenvalue weighted by Crippen LogP contribution is -2.37. The first-order chi connectivity index (χ1) is 5.06. The van der Waals surface area contributed by atoms with Crippen LogP contribution in [0.2, 0.25) is 0 Å². The molecule has 0 radical (unpaired) electrons. The number of hydrogen-bond acceptors (Lipinski definition) is 4. The molecule has 2 amide bonds. The van der Waals surface area contributed by atoms with E-state index in [0.29, 0.717) is 0 Å². The maximum absolute atomic E-state index is 10.8. The third-order valence-corrected chi connectivity index (χ3v) is 0.887. The van der Waals surface area contributed by atoms with E-state index in [9.17, 15) is 9.59 Å². The molecule has 0 aromatic carbocycles. The zero-order valence-electron chi connectivity index (χ0n) is 6.88. The SMILES string of the molecule is COC(=O)NC(=O)CN(C)C. The zero-order valence-corrected chi connectivity index (χ0v) is 6.88. The first kappa shape index (κ1) is 9.90. The van der Waals surface area contributed by atoms with Crippen LogP contribution in [0.1, 0.15) is 0 Å². The number of nitrogens with one attached hydrogen (secondary N) is 1. The van der Waals surface area contributed by atoms with Gasteiger partial charge in [0.25, 0.3) is 0 Å². The minimum Gasteiger partial charge on any atom is -0.453 e. The van der Waals surface area contributed by atoms with Crippen molar-refractivity contribution in [3.63, 3.8) is 0 Å². The number of likely N-dealkylation sites (N-methyl/N-ethyl adjacent to an activating group) is 1. The molecule has 0 aliphatic rings. The summed E-state index contributed by atoms with van der Waals surface area (Å²) in [4.78, 5) is 22.9. The van der Waals surface area contributed by atoms with E-state index < -0.39 is 6.09 Å². The van der Waals surface area contributed by atoms with Crippen LogP contribution in [0.5, 0.6) is 0 Å². The first-order valence-corrected chi connectivity index (χ1v) is 3.08. The summed E-state index contributed by atoms with van der Waals surface area (Å²) >= 11 is 0. The number of carbonyl (C=O) groups is 2. The van der Waals surface area contributed by atoms with Crippen LogP contribution in [-0.4, -0.2) is 44.7 Å². The molecule has 0 atom stereocenters. The minimum atomic E-state index is -0.725. The number of alkyl carbamates (subject to hydrolysis) is 1. The lowest BCUT2D eigenvalue weighted by Gasteiger charge is -2.07. The predicted molar refractivity (Wildman–Crippen MR) is 39.1 cm³/mol. The van der Waals surface area contributed by atoms with Gasteiger partial charge >= 0.3 is 6.09 Å². The Bertz CT molecular complexity index is 156. The van der Waals surface area contributed by atoms with Crippen LogP contribution in [0.25, 0.3) is 0 Å². The summed E-state index contributed by atoms with van der Waals surface area (Å²) in [6, 6.07) is 0. The predicted octanol–water partition coefficient (Wildman–Crippen LogP) is -0.569. The molecule has 5 heteroatoms. The highest BCUT2D eigenvalue weighted by molar-refractivity contribution is 5.92. The molecule has 0 unspecified atom stereocenters. The van der Waals surface area contributed by atoms with Gasteiger partial charge in [-0.05, 0) is 14.1 Å². The lowest BCUT2D eigenvalue weighted by atomic mass is 10.5. The largest absolute Gasteiger partial charge is 0.453 e. The normalized spacial score (nSPS) is 9.45. The summed E-state index contributed by atoms with van der Waals surface area (Å²) in [7, 11) is 4.67. The summed E-state index contributed by atoms with van der Waals surface area (Å²) in [6.07, 6.45) is -0.725. The molecule has 1 N–H and O–H groups in total. The van der Waals surface area contributed by atoms with Crippen LogP contribution < -0.4 is 5.32 Å². The Morgan fingerprint density at radius 3 is 2.36 bits per heavy atom. The molecule has 0 aliphatic carbocycles. The van der Waals surface area contributed by atoms with Crippen molar-refractivity contribution in [2.75, 3.05) is 27.7 Å². The van der Waals surface area contributed by atoms with Gasteiger partial charge in [0.2, 0.25) is 5.91 Å². The molecule has 0 heterocycles. The van der Waals surface area contributed by atoms with Crippen molar-refractivity contribution >= 4 is 12.0 Å². The molecule has 5 nitrogen and oxygen atoms in total. The fraction of sp³-hybridized carbons (Fsp3) is 0.667. The van der Waals surface area contributed by atoms with E-state index in [0.717, 1.165) is 0 Å². The second kappa shape index (κ2) is 4.68. The molecule has 0 aromatic rings. The highest BCUT2D eigenvalue weighted by Crippen LogP contribution is 1.76. The summed E-state index contributed by atoms with van der Waals surface area (Å²) in [5, 5.41) is 2.02. The molecule has 0 fully saturated rings. The Hall–Kier alpha value is -1.10. The molecule has 0 bridgehead atoms. The smallest absolute Gasteiger partial charge is 0.413 e. The van der Waals surface area contributed by atoms with Gasteiger partial charge in [0.1, 0.15) is 0 Å². The van der Waals surface area contributed by atoms with E-state index in [2.05, 4.69) is 4.74 Å². The number of amides is 2. The molecule has 0 saturated heterocycles. The number of methoxy groups -OCH3 is 1. The average Bonchev–Trinajstić information content (AvgIpc) is 1.85. The highest BCUT2D eigenvalue weighted by Gasteiger charge is 2.06. The summed E-state index contributed by atoms with van der Waals surface area (Å²) in [5.74, 6) is -0.373. The molecule has 64 valence electrons. The molecule has 0 rings (SSSR count). The standard InChI is InChI=1S/C6H12N2O3/c1-8(2)4-5(9)7-6(10)11-3/h4H2,1-3H3,(H,7,9,10). The maximum Gasteiger partial charge on any atom is 0.413 e. The second-order valence-corrected chi connectivity index (χ2v) is 2.28. The first-order valence-electron chi connectivity index (χ1n) is 3.08. The number of ether oxygens (including phenoxy) is 1. The second-order valence-electron chi connectivity index (χ2n) is 2.28. The van der Waals surface area contributed by atoms with Gasteiger partial charge in [0.05, 0.1) is 13.7 Å². The maximum atomic E-state index is 10.8. The molecule has 11 heavy (non-hydrogen) atoms. The van der Waals surface area contributed by atoms with Crippen molar-refractivity contribution in [1.29, 1.82) is 0 Å². The number of imide groups is 1. The molecule has 0 aromatic heterocycles. The third kappa shape index (κ3) is 5.35. The summed E-state index contributed by atoms with van der Waals surface area (Å²) < 4.78 is 4.21. The van der Waals surface area contributed by atoms with E-state index in [1.807, 2.05) is 5.32 Å². The number of nitrogens with zero attached hydrogens (tertiary/aromatic N) is 1. The van der Waals surface area contributed by atoms with Crippen LogP contribution >= 0.6 is 0 Å². The zero-order chi connectivity index (χ0) is 8.85. The van der Waals surface area contributed by atoms with Crippen molar-refractivity contribution in [1.82, 2.24) is 10.2 Å². The van der Waals surface area contributed by atoms with E-state index in [4.69, 9.17) is 0 Å². The topological polar surface area (TPSA) is 58.6 Å². The van der Waals surface area contributed by atoms with Crippen molar-refractivity contribution in [3.8, 4) is 0 Å². The Morgan fingerprint density at radius 2 is 2.00 bits per heavy atom. The Labute approximate surface area is 65.3 Å². The van der Waals surface area contributed by atoms with Gasteiger partial charge in [-0.3, -0.25) is 10.1 Å². The van der Waals surface area contributed by atoms with E-state index in [-0.39, 0.29) is 12.5 Å². The molecule has 0 saturated carbocycles. The van der Waals surface area contributed by atoms with Crippen molar-refractivity contribution in [2.45, 2.75) is 0 Å².